The third-order valence-corrected chi connectivity index (χ3v) is 3.58. The quantitative estimate of drug-likeness (QED) is 0.825. The summed E-state index contributed by atoms with van der Waals surface area (Å²) in [5.74, 6) is 1.78. The van der Waals surface area contributed by atoms with Gasteiger partial charge in [0.2, 0.25) is 0 Å². The summed E-state index contributed by atoms with van der Waals surface area (Å²) in [4.78, 5) is 0. The lowest BCUT2D eigenvalue weighted by Crippen LogP contribution is -2.37. The minimum atomic E-state index is -0.111. The number of nitrogens with zero attached hydrogens (tertiary/aromatic N) is 3. The van der Waals surface area contributed by atoms with E-state index in [2.05, 4.69) is 10.2 Å². The average Bonchev–Trinajstić information content (AvgIpc) is 2.87. The van der Waals surface area contributed by atoms with Crippen molar-refractivity contribution in [3.8, 4) is 0 Å². The summed E-state index contributed by atoms with van der Waals surface area (Å²) >= 11 is 0. The highest BCUT2D eigenvalue weighted by atomic mass is 16.5. The van der Waals surface area contributed by atoms with E-state index in [1.165, 1.54) is 12.8 Å². The van der Waals surface area contributed by atoms with Gasteiger partial charge in [-0.25, -0.2) is 0 Å². The molecule has 0 atom stereocenters. The van der Waals surface area contributed by atoms with E-state index in [4.69, 9.17) is 10.5 Å². The lowest BCUT2D eigenvalue weighted by Gasteiger charge is -2.27. The highest BCUT2D eigenvalue weighted by Crippen LogP contribution is 2.32. The van der Waals surface area contributed by atoms with Gasteiger partial charge in [0.25, 0.3) is 0 Å². The maximum atomic E-state index is 5.97. The second kappa shape index (κ2) is 4.51. The Morgan fingerprint density at radius 3 is 2.56 bits per heavy atom. The van der Waals surface area contributed by atoms with E-state index >= 15 is 0 Å². The van der Waals surface area contributed by atoms with Crippen molar-refractivity contribution in [3.63, 3.8) is 0 Å². The molecule has 1 aromatic heterocycles. The lowest BCUT2D eigenvalue weighted by atomic mass is 10.0. The summed E-state index contributed by atoms with van der Waals surface area (Å²) in [7, 11) is 1.96. The smallest absolute Gasteiger partial charge is 0.158 e. The number of aryl methyl sites for hydroxylation is 1. The van der Waals surface area contributed by atoms with Crippen LogP contribution in [-0.4, -0.2) is 26.9 Å². The number of aromatic nitrogens is 3. The summed E-state index contributed by atoms with van der Waals surface area (Å²) in [6.45, 7) is 3.04. The highest BCUT2D eigenvalue weighted by Gasteiger charge is 2.33. The normalized spacial score (nSPS) is 19.2. The maximum Gasteiger partial charge on any atom is 0.158 e. The summed E-state index contributed by atoms with van der Waals surface area (Å²) in [6, 6.07) is 0. The van der Waals surface area contributed by atoms with Gasteiger partial charge < -0.3 is 15.0 Å². The molecule has 1 heterocycles. The molecule has 0 unspecified atom stereocenters. The molecule has 1 aromatic rings. The molecule has 5 heteroatoms. The molecular weight excluding hydrogens is 204 g/mol. The highest BCUT2D eigenvalue weighted by molar-refractivity contribution is 4.93. The van der Waals surface area contributed by atoms with Crippen LogP contribution in [0, 0.1) is 6.92 Å². The van der Waals surface area contributed by atoms with Gasteiger partial charge in [-0.15, -0.1) is 10.2 Å². The fourth-order valence-corrected chi connectivity index (χ4v) is 2.22. The minimum absolute atomic E-state index is 0.111. The van der Waals surface area contributed by atoms with E-state index in [0.29, 0.717) is 13.2 Å². The molecule has 2 rings (SSSR count). The van der Waals surface area contributed by atoms with Gasteiger partial charge in [0.05, 0.1) is 5.60 Å². The first-order chi connectivity index (χ1) is 7.67. The molecule has 5 nitrogen and oxygen atoms in total. The van der Waals surface area contributed by atoms with Gasteiger partial charge in [-0.05, 0) is 19.8 Å². The molecule has 0 spiro atoms. The van der Waals surface area contributed by atoms with E-state index < -0.39 is 0 Å². The van der Waals surface area contributed by atoms with Crippen molar-refractivity contribution in [2.24, 2.45) is 12.8 Å². The molecule has 0 aromatic carbocycles. The predicted octanol–water partition coefficient (Wildman–Crippen LogP) is 0.912. The van der Waals surface area contributed by atoms with Gasteiger partial charge in [0.15, 0.2) is 5.82 Å². The van der Waals surface area contributed by atoms with Crippen molar-refractivity contribution in [3.05, 3.63) is 11.6 Å². The standard InChI is InChI=1S/C11H20N4O/c1-9-13-14-10(15(9)2)7-16-11(8-12)5-3-4-6-11/h3-8,12H2,1-2H3. The Kier molecular flexibility index (Phi) is 3.25. The molecular formula is C11H20N4O. The SMILES string of the molecule is Cc1nnc(COC2(CN)CCCC2)n1C. The van der Waals surface area contributed by atoms with Crippen molar-refractivity contribution in [1.29, 1.82) is 0 Å². The fraction of sp³-hybridized carbons (Fsp3) is 0.818. The topological polar surface area (TPSA) is 66.0 Å². The van der Waals surface area contributed by atoms with Gasteiger partial charge in [0, 0.05) is 13.6 Å². The van der Waals surface area contributed by atoms with Crippen LogP contribution in [0.2, 0.25) is 0 Å². The van der Waals surface area contributed by atoms with Gasteiger partial charge in [-0.3, -0.25) is 0 Å². The molecule has 0 amide bonds. The lowest BCUT2D eigenvalue weighted by molar-refractivity contribution is -0.0484. The van der Waals surface area contributed by atoms with Crippen molar-refractivity contribution in [2.75, 3.05) is 6.54 Å². The van der Waals surface area contributed by atoms with Crippen LogP contribution in [0.25, 0.3) is 0 Å². The van der Waals surface area contributed by atoms with Crippen molar-refractivity contribution in [1.82, 2.24) is 14.8 Å². The van der Waals surface area contributed by atoms with Crippen molar-refractivity contribution >= 4 is 0 Å². The molecule has 1 saturated carbocycles. The van der Waals surface area contributed by atoms with E-state index in [0.717, 1.165) is 24.5 Å². The van der Waals surface area contributed by atoms with Crippen LogP contribution in [0.5, 0.6) is 0 Å². The fourth-order valence-electron chi connectivity index (χ4n) is 2.22. The third kappa shape index (κ3) is 2.10. The number of hydrogen-bond donors (Lipinski definition) is 1. The molecule has 0 radical (unpaired) electrons. The van der Waals surface area contributed by atoms with Crippen LogP contribution in [-0.2, 0) is 18.4 Å². The van der Waals surface area contributed by atoms with Crippen LogP contribution < -0.4 is 5.73 Å². The summed E-state index contributed by atoms with van der Waals surface area (Å²) in [5, 5.41) is 8.10. The van der Waals surface area contributed by atoms with Gasteiger partial charge in [-0.1, -0.05) is 12.8 Å². The Labute approximate surface area is 96.0 Å². The largest absolute Gasteiger partial charge is 0.366 e. The van der Waals surface area contributed by atoms with Crippen molar-refractivity contribution < 1.29 is 4.74 Å². The van der Waals surface area contributed by atoms with E-state index in [1.54, 1.807) is 0 Å². The zero-order valence-electron chi connectivity index (χ0n) is 10.1. The summed E-state index contributed by atoms with van der Waals surface area (Å²) in [5.41, 5.74) is 5.70. The van der Waals surface area contributed by atoms with Gasteiger partial charge in [-0.2, -0.15) is 0 Å². The van der Waals surface area contributed by atoms with Crippen LogP contribution in [0.4, 0.5) is 0 Å². The Morgan fingerprint density at radius 1 is 1.38 bits per heavy atom. The first-order valence-corrected chi connectivity index (χ1v) is 5.86. The Balaban J connectivity index is 1.98. The molecule has 90 valence electrons. The number of ether oxygens (including phenoxy) is 1. The number of nitrogens with two attached hydrogens (primary N) is 1. The van der Waals surface area contributed by atoms with Crippen LogP contribution in [0.1, 0.15) is 37.3 Å². The van der Waals surface area contributed by atoms with Gasteiger partial charge >= 0.3 is 0 Å². The first kappa shape index (κ1) is 11.5. The average molecular weight is 224 g/mol. The first-order valence-electron chi connectivity index (χ1n) is 5.86. The van der Waals surface area contributed by atoms with Crippen molar-refractivity contribution in [2.45, 2.75) is 44.8 Å². The van der Waals surface area contributed by atoms with Crippen LogP contribution >= 0.6 is 0 Å². The molecule has 0 saturated heterocycles. The third-order valence-electron chi connectivity index (χ3n) is 3.58. The van der Waals surface area contributed by atoms with E-state index in [9.17, 15) is 0 Å². The second-order valence-corrected chi connectivity index (χ2v) is 4.61. The molecule has 16 heavy (non-hydrogen) atoms. The molecule has 2 N–H and O–H groups in total. The van der Waals surface area contributed by atoms with E-state index in [1.807, 2.05) is 18.5 Å². The predicted molar refractivity (Wildman–Crippen MR) is 60.8 cm³/mol. The van der Waals surface area contributed by atoms with E-state index in [-0.39, 0.29) is 5.60 Å². The van der Waals surface area contributed by atoms with Crippen LogP contribution in [0.3, 0.4) is 0 Å². The van der Waals surface area contributed by atoms with Gasteiger partial charge in [0.1, 0.15) is 12.4 Å². The zero-order chi connectivity index (χ0) is 11.6. The molecule has 1 fully saturated rings. The molecule has 0 bridgehead atoms. The van der Waals surface area contributed by atoms with Crippen LogP contribution in [0.15, 0.2) is 0 Å². The second-order valence-electron chi connectivity index (χ2n) is 4.61. The number of hydrogen-bond acceptors (Lipinski definition) is 4. The Bertz CT molecular complexity index is 355. The monoisotopic (exact) mass is 224 g/mol. The molecule has 1 aliphatic rings. The minimum Gasteiger partial charge on any atom is -0.366 e. The number of rotatable bonds is 4. The Morgan fingerprint density at radius 2 is 2.06 bits per heavy atom. The molecule has 1 aliphatic carbocycles. The maximum absolute atomic E-state index is 5.97. The zero-order valence-corrected chi connectivity index (χ0v) is 10.1. The molecule has 0 aliphatic heterocycles. The Hall–Kier alpha value is -0.940. The summed E-state index contributed by atoms with van der Waals surface area (Å²) < 4.78 is 7.93. The summed E-state index contributed by atoms with van der Waals surface area (Å²) in [6.07, 6.45) is 4.57.